The topological polar surface area (TPSA) is 32.3 Å². The smallest absolute Gasteiger partial charge is 0.317 e. The number of amides is 2. The van der Waals surface area contributed by atoms with Crippen LogP contribution < -0.4 is 5.32 Å². The van der Waals surface area contributed by atoms with E-state index in [1.165, 1.54) is 6.42 Å². The van der Waals surface area contributed by atoms with E-state index in [1.54, 1.807) is 4.90 Å². The Hall–Kier alpha value is -0.730. The van der Waals surface area contributed by atoms with Crippen molar-refractivity contribution in [2.75, 3.05) is 13.6 Å². The second kappa shape index (κ2) is 4.67. The van der Waals surface area contributed by atoms with Gasteiger partial charge in [0.25, 0.3) is 0 Å². The Balaban J connectivity index is 2.41. The first-order chi connectivity index (χ1) is 6.56. The largest absolute Gasteiger partial charge is 0.335 e. The summed E-state index contributed by atoms with van der Waals surface area (Å²) in [5.41, 5.74) is 0. The van der Waals surface area contributed by atoms with Gasteiger partial charge in [0.15, 0.2) is 0 Å². The molecule has 0 spiro atoms. The van der Waals surface area contributed by atoms with Crippen molar-refractivity contribution in [1.82, 2.24) is 10.2 Å². The SMILES string of the molecule is CCN(C)C(=O)NC1CCC(C)C1C. The summed E-state index contributed by atoms with van der Waals surface area (Å²) in [6, 6.07) is 0.449. The Kier molecular flexibility index (Phi) is 3.78. The minimum absolute atomic E-state index is 0.0680. The number of hydrogen-bond donors (Lipinski definition) is 1. The number of carbonyl (C=O) groups is 1. The Labute approximate surface area is 86.9 Å². The van der Waals surface area contributed by atoms with E-state index in [4.69, 9.17) is 0 Å². The van der Waals surface area contributed by atoms with Gasteiger partial charge in [-0.25, -0.2) is 4.79 Å². The van der Waals surface area contributed by atoms with Crippen LogP contribution >= 0.6 is 0 Å². The molecule has 2 amide bonds. The highest BCUT2D eigenvalue weighted by molar-refractivity contribution is 5.74. The summed E-state index contributed by atoms with van der Waals surface area (Å²) in [4.78, 5) is 13.3. The summed E-state index contributed by atoms with van der Waals surface area (Å²) in [6.07, 6.45) is 2.37. The van der Waals surface area contributed by atoms with Gasteiger partial charge in [-0.3, -0.25) is 0 Å². The van der Waals surface area contributed by atoms with Gasteiger partial charge in [0.05, 0.1) is 0 Å². The van der Waals surface area contributed by atoms with Crippen LogP contribution in [0.15, 0.2) is 0 Å². The molecule has 1 aliphatic rings. The van der Waals surface area contributed by atoms with Gasteiger partial charge in [-0.15, -0.1) is 0 Å². The predicted octanol–water partition coefficient (Wildman–Crippen LogP) is 2.08. The lowest BCUT2D eigenvalue weighted by Crippen LogP contribution is -2.44. The van der Waals surface area contributed by atoms with Crippen molar-refractivity contribution >= 4 is 6.03 Å². The summed E-state index contributed by atoms with van der Waals surface area (Å²) >= 11 is 0. The molecule has 3 unspecified atom stereocenters. The highest BCUT2D eigenvalue weighted by Gasteiger charge is 2.31. The minimum Gasteiger partial charge on any atom is -0.335 e. The van der Waals surface area contributed by atoms with Gasteiger partial charge in [-0.05, 0) is 31.6 Å². The van der Waals surface area contributed by atoms with Crippen molar-refractivity contribution in [3.63, 3.8) is 0 Å². The Morgan fingerprint density at radius 3 is 2.50 bits per heavy atom. The van der Waals surface area contributed by atoms with Crippen LogP contribution in [0.25, 0.3) is 0 Å². The first kappa shape index (κ1) is 11.3. The zero-order chi connectivity index (χ0) is 10.7. The molecule has 1 saturated carbocycles. The average molecular weight is 198 g/mol. The molecule has 1 aliphatic carbocycles. The molecule has 3 nitrogen and oxygen atoms in total. The highest BCUT2D eigenvalue weighted by Crippen LogP contribution is 2.31. The maximum absolute atomic E-state index is 11.6. The summed E-state index contributed by atoms with van der Waals surface area (Å²) < 4.78 is 0. The second-order valence-corrected chi connectivity index (χ2v) is 4.48. The van der Waals surface area contributed by atoms with E-state index < -0.39 is 0 Å². The molecule has 1 rings (SSSR count). The zero-order valence-electron chi connectivity index (χ0n) is 9.71. The van der Waals surface area contributed by atoms with E-state index >= 15 is 0 Å². The predicted molar refractivity (Wildman–Crippen MR) is 58.2 cm³/mol. The van der Waals surface area contributed by atoms with E-state index in [2.05, 4.69) is 19.2 Å². The summed E-state index contributed by atoms with van der Waals surface area (Å²) in [7, 11) is 1.83. The molecule has 1 N–H and O–H groups in total. The molecule has 0 bridgehead atoms. The van der Waals surface area contributed by atoms with Crippen molar-refractivity contribution in [3.05, 3.63) is 0 Å². The van der Waals surface area contributed by atoms with E-state index in [0.717, 1.165) is 18.9 Å². The van der Waals surface area contributed by atoms with Crippen LogP contribution in [0.4, 0.5) is 4.79 Å². The number of carbonyl (C=O) groups excluding carboxylic acids is 1. The van der Waals surface area contributed by atoms with Gasteiger partial charge in [0, 0.05) is 19.6 Å². The van der Waals surface area contributed by atoms with E-state index in [9.17, 15) is 4.79 Å². The van der Waals surface area contributed by atoms with E-state index in [-0.39, 0.29) is 6.03 Å². The van der Waals surface area contributed by atoms with Crippen molar-refractivity contribution in [2.24, 2.45) is 11.8 Å². The lowest BCUT2D eigenvalue weighted by Gasteiger charge is -2.23. The molecule has 0 heterocycles. The number of nitrogens with zero attached hydrogens (tertiary/aromatic N) is 1. The fourth-order valence-electron chi connectivity index (χ4n) is 1.98. The fourth-order valence-corrected chi connectivity index (χ4v) is 1.98. The molecule has 82 valence electrons. The van der Waals surface area contributed by atoms with Crippen molar-refractivity contribution in [1.29, 1.82) is 0 Å². The van der Waals surface area contributed by atoms with Crippen LogP contribution in [-0.2, 0) is 0 Å². The number of nitrogens with one attached hydrogen (secondary N) is 1. The zero-order valence-corrected chi connectivity index (χ0v) is 9.71. The van der Waals surface area contributed by atoms with Crippen LogP contribution in [0.5, 0.6) is 0 Å². The van der Waals surface area contributed by atoms with Gasteiger partial charge in [0.1, 0.15) is 0 Å². The van der Waals surface area contributed by atoms with Crippen LogP contribution in [0.3, 0.4) is 0 Å². The average Bonchev–Trinajstić information content (AvgIpc) is 2.48. The molecular weight excluding hydrogens is 176 g/mol. The molecule has 0 aromatic heterocycles. The van der Waals surface area contributed by atoms with Crippen LogP contribution in [0, 0.1) is 11.8 Å². The molecule has 0 aliphatic heterocycles. The number of rotatable bonds is 2. The maximum Gasteiger partial charge on any atom is 0.317 e. The monoisotopic (exact) mass is 198 g/mol. The molecule has 1 fully saturated rings. The van der Waals surface area contributed by atoms with Gasteiger partial charge >= 0.3 is 6.03 Å². The minimum atomic E-state index is 0.0680. The summed E-state index contributed by atoms with van der Waals surface area (Å²) in [6.45, 7) is 7.25. The number of urea groups is 1. The quantitative estimate of drug-likeness (QED) is 0.724. The normalized spacial score (nSPS) is 31.6. The first-order valence-corrected chi connectivity index (χ1v) is 5.57. The van der Waals surface area contributed by atoms with E-state index in [0.29, 0.717) is 12.0 Å². The van der Waals surface area contributed by atoms with Crippen LogP contribution in [-0.4, -0.2) is 30.6 Å². The molecule has 0 aromatic rings. The molecule has 3 heteroatoms. The lowest BCUT2D eigenvalue weighted by atomic mass is 9.98. The maximum atomic E-state index is 11.6. The standard InChI is InChI=1S/C11H22N2O/c1-5-13(4)11(14)12-10-7-6-8(2)9(10)3/h8-10H,5-7H2,1-4H3,(H,12,14). The fraction of sp³-hybridized carbons (Fsp3) is 0.909. The van der Waals surface area contributed by atoms with Gasteiger partial charge in [0.2, 0.25) is 0 Å². The molecule has 3 atom stereocenters. The Morgan fingerprint density at radius 2 is 2.07 bits per heavy atom. The Morgan fingerprint density at radius 1 is 1.43 bits per heavy atom. The third kappa shape index (κ3) is 2.40. The van der Waals surface area contributed by atoms with Gasteiger partial charge < -0.3 is 10.2 Å². The van der Waals surface area contributed by atoms with Crippen molar-refractivity contribution in [3.8, 4) is 0 Å². The van der Waals surface area contributed by atoms with Crippen LogP contribution in [0.2, 0.25) is 0 Å². The lowest BCUT2D eigenvalue weighted by molar-refractivity contribution is 0.203. The second-order valence-electron chi connectivity index (χ2n) is 4.48. The highest BCUT2D eigenvalue weighted by atomic mass is 16.2. The van der Waals surface area contributed by atoms with Gasteiger partial charge in [-0.2, -0.15) is 0 Å². The van der Waals surface area contributed by atoms with E-state index in [1.807, 2.05) is 14.0 Å². The molecule has 0 aromatic carbocycles. The summed E-state index contributed by atoms with van der Waals surface area (Å²) in [5.74, 6) is 1.36. The van der Waals surface area contributed by atoms with Crippen molar-refractivity contribution in [2.45, 2.75) is 39.7 Å². The first-order valence-electron chi connectivity index (χ1n) is 5.57. The third-order valence-electron chi connectivity index (χ3n) is 3.60. The summed E-state index contributed by atoms with van der Waals surface area (Å²) in [5, 5.41) is 3.10. The molecule has 14 heavy (non-hydrogen) atoms. The Bertz CT molecular complexity index is 205. The molecular formula is C11H22N2O. The van der Waals surface area contributed by atoms with Crippen molar-refractivity contribution < 1.29 is 4.79 Å². The third-order valence-corrected chi connectivity index (χ3v) is 3.60. The molecule has 0 saturated heterocycles. The van der Waals surface area contributed by atoms with Gasteiger partial charge in [-0.1, -0.05) is 13.8 Å². The number of hydrogen-bond acceptors (Lipinski definition) is 1. The van der Waals surface area contributed by atoms with Crippen LogP contribution in [0.1, 0.15) is 33.6 Å². The molecule has 0 radical (unpaired) electrons.